The number of hydrogen-bond donors (Lipinski definition) is 0. The van der Waals surface area contributed by atoms with E-state index in [9.17, 15) is 4.79 Å². The van der Waals surface area contributed by atoms with E-state index in [-0.39, 0.29) is 5.91 Å². The van der Waals surface area contributed by atoms with Gasteiger partial charge >= 0.3 is 0 Å². The molecule has 3 heteroatoms. The van der Waals surface area contributed by atoms with Crippen LogP contribution in [0.15, 0.2) is 11.6 Å². The number of carbonyl (C=O) groups excluding carboxylic acids is 1. The summed E-state index contributed by atoms with van der Waals surface area (Å²) >= 11 is 0. The first-order chi connectivity index (χ1) is 7.82. The highest BCUT2D eigenvalue weighted by Gasteiger charge is 2.37. The average molecular weight is 238 g/mol. The van der Waals surface area contributed by atoms with Crippen LogP contribution in [0.5, 0.6) is 0 Å². The largest absolute Gasteiger partial charge is 0.337 e. The topological polar surface area (TPSA) is 23.6 Å². The second-order valence-electron chi connectivity index (χ2n) is 5.90. The second-order valence-corrected chi connectivity index (χ2v) is 5.90. The SMILES string of the molecule is CC(C)=CC(=O)N1C[C@@H](N(C)C)[C@H](C(C)C)C1. The molecular weight excluding hydrogens is 212 g/mol. The van der Waals surface area contributed by atoms with Crippen LogP contribution in [-0.2, 0) is 4.79 Å². The molecule has 98 valence electrons. The zero-order valence-corrected chi connectivity index (χ0v) is 12.0. The first-order valence-corrected chi connectivity index (χ1v) is 6.43. The Balaban J connectivity index is 2.75. The maximum Gasteiger partial charge on any atom is 0.246 e. The van der Waals surface area contributed by atoms with Gasteiger partial charge in [0.1, 0.15) is 0 Å². The molecule has 0 saturated carbocycles. The highest BCUT2D eigenvalue weighted by Crippen LogP contribution is 2.27. The molecule has 1 rings (SSSR count). The second kappa shape index (κ2) is 5.67. The van der Waals surface area contributed by atoms with Crippen molar-refractivity contribution in [2.45, 2.75) is 33.7 Å². The molecule has 3 nitrogen and oxygen atoms in total. The molecule has 0 spiro atoms. The Bertz CT molecular complexity index is 287. The fraction of sp³-hybridized carbons (Fsp3) is 0.786. The lowest BCUT2D eigenvalue weighted by Gasteiger charge is -2.27. The molecule has 0 bridgehead atoms. The molecule has 1 aliphatic rings. The molecular formula is C14H26N2O. The molecule has 0 aromatic rings. The van der Waals surface area contributed by atoms with Crippen molar-refractivity contribution in [3.05, 3.63) is 11.6 Å². The van der Waals surface area contributed by atoms with Gasteiger partial charge in [-0.15, -0.1) is 0 Å². The number of likely N-dealkylation sites (N-methyl/N-ethyl adjacent to an activating group) is 1. The van der Waals surface area contributed by atoms with Gasteiger partial charge in [-0.25, -0.2) is 0 Å². The van der Waals surface area contributed by atoms with Crippen LogP contribution in [-0.4, -0.2) is 48.9 Å². The van der Waals surface area contributed by atoms with Crippen LogP contribution < -0.4 is 0 Å². The van der Waals surface area contributed by atoms with E-state index in [1.54, 1.807) is 6.08 Å². The van der Waals surface area contributed by atoms with Gasteiger partial charge in [0.15, 0.2) is 0 Å². The molecule has 2 atom stereocenters. The van der Waals surface area contributed by atoms with Gasteiger partial charge in [0.2, 0.25) is 5.91 Å². The summed E-state index contributed by atoms with van der Waals surface area (Å²) in [5.41, 5.74) is 1.07. The van der Waals surface area contributed by atoms with Gasteiger partial charge in [-0.05, 0) is 39.8 Å². The Kier molecular flexibility index (Phi) is 4.75. The number of rotatable bonds is 3. The molecule has 0 aromatic carbocycles. The van der Waals surface area contributed by atoms with Gasteiger partial charge in [-0.1, -0.05) is 19.4 Å². The van der Waals surface area contributed by atoms with Gasteiger partial charge in [0.25, 0.3) is 0 Å². The van der Waals surface area contributed by atoms with Crippen LogP contribution in [0.2, 0.25) is 0 Å². The highest BCUT2D eigenvalue weighted by molar-refractivity contribution is 5.88. The summed E-state index contributed by atoms with van der Waals surface area (Å²) < 4.78 is 0. The lowest BCUT2D eigenvalue weighted by molar-refractivity contribution is -0.125. The van der Waals surface area contributed by atoms with E-state index in [2.05, 4.69) is 32.8 Å². The van der Waals surface area contributed by atoms with E-state index in [1.165, 1.54) is 0 Å². The monoisotopic (exact) mass is 238 g/mol. The summed E-state index contributed by atoms with van der Waals surface area (Å²) in [6, 6.07) is 0.490. The van der Waals surface area contributed by atoms with Crippen molar-refractivity contribution >= 4 is 5.91 Å². The molecule has 1 aliphatic heterocycles. The van der Waals surface area contributed by atoms with Crippen molar-refractivity contribution in [2.75, 3.05) is 27.2 Å². The maximum absolute atomic E-state index is 12.0. The predicted octanol–water partition coefficient (Wildman–Crippen LogP) is 2.00. The summed E-state index contributed by atoms with van der Waals surface area (Å²) in [7, 11) is 4.21. The Hall–Kier alpha value is -0.830. The van der Waals surface area contributed by atoms with Crippen molar-refractivity contribution in [3.63, 3.8) is 0 Å². The Morgan fingerprint density at radius 1 is 1.29 bits per heavy atom. The highest BCUT2D eigenvalue weighted by atomic mass is 16.2. The minimum absolute atomic E-state index is 0.167. The van der Waals surface area contributed by atoms with Crippen molar-refractivity contribution in [3.8, 4) is 0 Å². The molecule has 17 heavy (non-hydrogen) atoms. The molecule has 1 heterocycles. The summed E-state index contributed by atoms with van der Waals surface area (Å²) in [5, 5.41) is 0. The first-order valence-electron chi connectivity index (χ1n) is 6.43. The Morgan fingerprint density at radius 2 is 1.88 bits per heavy atom. The van der Waals surface area contributed by atoms with Crippen LogP contribution in [0.1, 0.15) is 27.7 Å². The summed E-state index contributed by atoms with van der Waals surface area (Å²) in [6.45, 7) is 10.2. The molecule has 1 saturated heterocycles. The van der Waals surface area contributed by atoms with E-state index >= 15 is 0 Å². The molecule has 0 aromatic heterocycles. The number of amides is 1. The fourth-order valence-corrected chi connectivity index (χ4v) is 2.53. The molecule has 1 fully saturated rings. The lowest BCUT2D eigenvalue weighted by atomic mass is 9.91. The number of hydrogen-bond acceptors (Lipinski definition) is 2. The smallest absolute Gasteiger partial charge is 0.246 e. The van der Waals surface area contributed by atoms with Gasteiger partial charge in [-0.3, -0.25) is 4.79 Å². The van der Waals surface area contributed by atoms with Gasteiger partial charge < -0.3 is 9.80 Å². The van der Waals surface area contributed by atoms with E-state index in [1.807, 2.05) is 18.7 Å². The van der Waals surface area contributed by atoms with E-state index in [0.29, 0.717) is 17.9 Å². The number of likely N-dealkylation sites (tertiary alicyclic amines) is 1. The zero-order valence-electron chi connectivity index (χ0n) is 12.0. The first kappa shape index (κ1) is 14.2. The molecule has 0 N–H and O–H groups in total. The van der Waals surface area contributed by atoms with Crippen molar-refractivity contribution in [2.24, 2.45) is 11.8 Å². The van der Waals surface area contributed by atoms with Crippen molar-refractivity contribution in [1.29, 1.82) is 0 Å². The summed E-state index contributed by atoms with van der Waals surface area (Å²) in [4.78, 5) is 16.3. The third kappa shape index (κ3) is 3.56. The summed E-state index contributed by atoms with van der Waals surface area (Å²) in [6.07, 6.45) is 1.75. The number of allylic oxidation sites excluding steroid dienone is 1. The van der Waals surface area contributed by atoms with E-state index in [4.69, 9.17) is 0 Å². The molecule has 0 unspecified atom stereocenters. The quantitative estimate of drug-likeness (QED) is 0.702. The maximum atomic E-state index is 12.0. The minimum atomic E-state index is 0.167. The normalized spacial score (nSPS) is 24.6. The zero-order chi connectivity index (χ0) is 13.2. The molecule has 1 amide bonds. The van der Waals surface area contributed by atoms with Crippen LogP contribution in [0.4, 0.5) is 0 Å². The number of carbonyl (C=O) groups is 1. The van der Waals surface area contributed by atoms with E-state index < -0.39 is 0 Å². The number of nitrogens with zero attached hydrogens (tertiary/aromatic N) is 2. The molecule has 0 aliphatic carbocycles. The third-order valence-electron chi connectivity index (χ3n) is 3.58. The Labute approximate surface area is 105 Å². The average Bonchev–Trinajstić information content (AvgIpc) is 2.60. The standard InChI is InChI=1S/C14H26N2O/c1-10(2)7-14(17)16-8-12(11(3)4)13(9-16)15(5)6/h7,11-13H,8-9H2,1-6H3/t12-,13+/m0/s1. The van der Waals surface area contributed by atoms with Gasteiger partial charge in [-0.2, -0.15) is 0 Å². The van der Waals surface area contributed by atoms with Crippen LogP contribution in [0, 0.1) is 11.8 Å². The van der Waals surface area contributed by atoms with E-state index in [0.717, 1.165) is 18.7 Å². The fourth-order valence-electron chi connectivity index (χ4n) is 2.53. The third-order valence-corrected chi connectivity index (χ3v) is 3.58. The van der Waals surface area contributed by atoms with Crippen LogP contribution in [0.25, 0.3) is 0 Å². The lowest BCUT2D eigenvalue weighted by Crippen LogP contribution is -2.37. The minimum Gasteiger partial charge on any atom is -0.337 e. The predicted molar refractivity (Wildman–Crippen MR) is 71.8 cm³/mol. The molecule has 0 radical (unpaired) electrons. The van der Waals surface area contributed by atoms with Gasteiger partial charge in [0, 0.05) is 25.2 Å². The summed E-state index contributed by atoms with van der Waals surface area (Å²) in [5.74, 6) is 1.37. The van der Waals surface area contributed by atoms with Crippen molar-refractivity contribution < 1.29 is 4.79 Å². The van der Waals surface area contributed by atoms with Gasteiger partial charge in [0.05, 0.1) is 0 Å². The van der Waals surface area contributed by atoms with Crippen molar-refractivity contribution in [1.82, 2.24) is 9.80 Å². The van der Waals surface area contributed by atoms with Crippen LogP contribution >= 0.6 is 0 Å². The Morgan fingerprint density at radius 3 is 2.24 bits per heavy atom. The van der Waals surface area contributed by atoms with Crippen LogP contribution in [0.3, 0.4) is 0 Å².